The van der Waals surface area contributed by atoms with Crippen LogP contribution in [0.4, 0.5) is 0 Å². The summed E-state index contributed by atoms with van der Waals surface area (Å²) in [4.78, 5) is 16.1. The van der Waals surface area contributed by atoms with Gasteiger partial charge in [0, 0.05) is 29.4 Å². The Morgan fingerprint density at radius 3 is 3.11 bits per heavy atom. The SMILES string of the molecule is COC(=O)[C@H]1C[C@H]2c3sccc3CN3[C@@H]2CC[C@@H]13. The van der Waals surface area contributed by atoms with E-state index in [4.69, 9.17) is 4.74 Å². The van der Waals surface area contributed by atoms with Crippen molar-refractivity contribution in [2.24, 2.45) is 5.92 Å². The van der Waals surface area contributed by atoms with E-state index in [2.05, 4.69) is 16.3 Å². The zero-order valence-electron chi connectivity index (χ0n) is 10.5. The third-order valence-corrected chi connectivity index (χ3v) is 6.11. The summed E-state index contributed by atoms with van der Waals surface area (Å²) in [6.07, 6.45) is 3.40. The second-order valence-electron chi connectivity index (χ2n) is 5.67. The van der Waals surface area contributed by atoms with E-state index >= 15 is 0 Å². The van der Waals surface area contributed by atoms with Gasteiger partial charge in [-0.25, -0.2) is 0 Å². The molecule has 0 amide bonds. The first kappa shape index (κ1) is 11.0. The van der Waals surface area contributed by atoms with Crippen molar-refractivity contribution in [2.45, 2.75) is 43.8 Å². The maximum Gasteiger partial charge on any atom is 0.310 e. The van der Waals surface area contributed by atoms with Crippen LogP contribution in [0.1, 0.15) is 35.6 Å². The standard InChI is InChI=1S/C14H17NO2S/c1-17-14(16)10-6-9-11-2-3-12(10)15(11)7-8-4-5-18-13(8)9/h4-5,9-12H,2-3,6-7H2,1H3/t9-,10+,11-,12+/m1/s1. The minimum Gasteiger partial charge on any atom is -0.469 e. The first-order chi connectivity index (χ1) is 8.79. The fourth-order valence-electron chi connectivity index (χ4n) is 4.29. The van der Waals surface area contributed by atoms with Gasteiger partial charge in [-0.3, -0.25) is 9.69 Å². The molecule has 4 heterocycles. The number of methoxy groups -OCH3 is 1. The van der Waals surface area contributed by atoms with Gasteiger partial charge in [0.1, 0.15) is 0 Å². The van der Waals surface area contributed by atoms with E-state index in [1.54, 1.807) is 0 Å². The molecular weight excluding hydrogens is 246 g/mol. The van der Waals surface area contributed by atoms with E-state index in [1.165, 1.54) is 24.0 Å². The quantitative estimate of drug-likeness (QED) is 0.729. The van der Waals surface area contributed by atoms with Crippen molar-refractivity contribution in [3.8, 4) is 0 Å². The van der Waals surface area contributed by atoms with Crippen LogP contribution in [0.2, 0.25) is 0 Å². The summed E-state index contributed by atoms with van der Waals surface area (Å²) in [5, 5.41) is 2.20. The lowest BCUT2D eigenvalue weighted by atomic mass is 9.78. The van der Waals surface area contributed by atoms with Crippen LogP contribution in [0.15, 0.2) is 11.4 Å². The first-order valence-corrected chi connectivity index (χ1v) is 7.57. The predicted octanol–water partition coefficient (Wildman–Crippen LogP) is 2.37. The van der Waals surface area contributed by atoms with Crippen LogP contribution in [0.5, 0.6) is 0 Å². The van der Waals surface area contributed by atoms with Crippen molar-refractivity contribution in [2.75, 3.05) is 7.11 Å². The number of hydrogen-bond acceptors (Lipinski definition) is 4. The van der Waals surface area contributed by atoms with E-state index in [-0.39, 0.29) is 11.9 Å². The van der Waals surface area contributed by atoms with Crippen LogP contribution in [-0.4, -0.2) is 30.1 Å². The molecule has 18 heavy (non-hydrogen) atoms. The number of hydrogen-bond donors (Lipinski definition) is 0. The summed E-state index contributed by atoms with van der Waals surface area (Å²) in [7, 11) is 1.52. The Bertz CT molecular complexity index is 498. The maximum absolute atomic E-state index is 12.0. The molecule has 0 N–H and O–H groups in total. The molecule has 3 nitrogen and oxygen atoms in total. The summed E-state index contributed by atoms with van der Waals surface area (Å²) < 4.78 is 5.01. The van der Waals surface area contributed by atoms with E-state index in [0.717, 1.165) is 19.4 Å². The average Bonchev–Trinajstić information content (AvgIpc) is 2.95. The molecule has 4 bridgehead atoms. The smallest absolute Gasteiger partial charge is 0.310 e. The number of rotatable bonds is 1. The fourth-order valence-corrected chi connectivity index (χ4v) is 5.38. The largest absolute Gasteiger partial charge is 0.469 e. The van der Waals surface area contributed by atoms with Crippen molar-refractivity contribution in [1.29, 1.82) is 0 Å². The third-order valence-electron chi connectivity index (χ3n) is 5.02. The molecule has 0 radical (unpaired) electrons. The fraction of sp³-hybridized carbons (Fsp3) is 0.643. The van der Waals surface area contributed by atoms with Crippen LogP contribution >= 0.6 is 11.3 Å². The van der Waals surface area contributed by atoms with Gasteiger partial charge in [0.05, 0.1) is 13.0 Å². The van der Waals surface area contributed by atoms with Gasteiger partial charge in [-0.2, -0.15) is 0 Å². The molecule has 3 aliphatic rings. The van der Waals surface area contributed by atoms with Crippen LogP contribution in [-0.2, 0) is 16.1 Å². The summed E-state index contributed by atoms with van der Waals surface area (Å²) >= 11 is 1.87. The highest BCUT2D eigenvalue weighted by atomic mass is 32.1. The van der Waals surface area contributed by atoms with E-state index in [0.29, 0.717) is 18.0 Å². The highest BCUT2D eigenvalue weighted by molar-refractivity contribution is 7.10. The van der Waals surface area contributed by atoms with Crippen LogP contribution in [0.3, 0.4) is 0 Å². The molecule has 4 rings (SSSR count). The van der Waals surface area contributed by atoms with Gasteiger partial charge in [0.15, 0.2) is 0 Å². The van der Waals surface area contributed by atoms with Gasteiger partial charge in [-0.1, -0.05) is 0 Å². The number of ether oxygens (including phenoxy) is 1. The molecule has 2 fully saturated rings. The minimum absolute atomic E-state index is 0.00430. The summed E-state index contributed by atoms with van der Waals surface area (Å²) in [5.74, 6) is 0.654. The second-order valence-corrected chi connectivity index (χ2v) is 6.61. The summed E-state index contributed by atoms with van der Waals surface area (Å²) in [5.41, 5.74) is 1.50. The van der Waals surface area contributed by atoms with E-state index in [1.807, 2.05) is 11.3 Å². The highest BCUT2D eigenvalue weighted by Crippen LogP contribution is 2.52. The Morgan fingerprint density at radius 1 is 1.44 bits per heavy atom. The molecule has 0 saturated carbocycles. The molecule has 3 aliphatic heterocycles. The van der Waals surface area contributed by atoms with Gasteiger partial charge in [-0.15, -0.1) is 11.3 Å². The molecule has 2 saturated heterocycles. The monoisotopic (exact) mass is 263 g/mol. The molecule has 0 spiro atoms. The zero-order chi connectivity index (χ0) is 12.3. The number of esters is 1. The normalized spacial score (nSPS) is 40.4. The molecular formula is C14H17NO2S. The topological polar surface area (TPSA) is 29.5 Å². The van der Waals surface area contributed by atoms with E-state index < -0.39 is 0 Å². The zero-order valence-corrected chi connectivity index (χ0v) is 11.3. The number of nitrogens with zero attached hydrogens (tertiary/aromatic N) is 1. The molecule has 1 aromatic rings. The van der Waals surface area contributed by atoms with Gasteiger partial charge in [0.2, 0.25) is 0 Å². The second kappa shape index (κ2) is 3.81. The molecule has 1 unspecified atom stereocenters. The Morgan fingerprint density at radius 2 is 2.28 bits per heavy atom. The molecule has 1 aromatic heterocycles. The lowest BCUT2D eigenvalue weighted by molar-refractivity contribution is -0.150. The molecule has 96 valence electrons. The van der Waals surface area contributed by atoms with Crippen LogP contribution < -0.4 is 0 Å². The van der Waals surface area contributed by atoms with Gasteiger partial charge in [-0.05, 0) is 36.3 Å². The number of carbonyl (C=O) groups is 1. The summed E-state index contributed by atoms with van der Waals surface area (Å²) in [6, 6.07) is 3.37. The van der Waals surface area contributed by atoms with Crippen molar-refractivity contribution in [1.82, 2.24) is 4.90 Å². The Hall–Kier alpha value is -0.870. The maximum atomic E-state index is 12.0. The average molecular weight is 263 g/mol. The van der Waals surface area contributed by atoms with Gasteiger partial charge >= 0.3 is 5.97 Å². The Labute approximate surface area is 111 Å². The lowest BCUT2D eigenvalue weighted by Crippen LogP contribution is -2.52. The lowest BCUT2D eigenvalue weighted by Gasteiger charge is -2.46. The molecule has 0 aromatic carbocycles. The molecule has 4 heteroatoms. The Kier molecular flexibility index (Phi) is 2.33. The first-order valence-electron chi connectivity index (χ1n) is 6.69. The number of thiophene rings is 1. The van der Waals surface area contributed by atoms with Crippen molar-refractivity contribution in [3.63, 3.8) is 0 Å². The Balaban J connectivity index is 1.76. The van der Waals surface area contributed by atoms with Gasteiger partial charge < -0.3 is 4.74 Å². The van der Waals surface area contributed by atoms with E-state index in [9.17, 15) is 4.79 Å². The van der Waals surface area contributed by atoms with Crippen molar-refractivity contribution < 1.29 is 9.53 Å². The minimum atomic E-state index is -0.00430. The number of carbonyl (C=O) groups excluding carboxylic acids is 1. The van der Waals surface area contributed by atoms with Crippen molar-refractivity contribution >= 4 is 17.3 Å². The summed E-state index contributed by atoms with van der Waals surface area (Å²) in [6.45, 7) is 1.04. The number of fused-ring (bicyclic) bond motifs is 2. The number of piperidine rings is 1. The van der Waals surface area contributed by atoms with Crippen LogP contribution in [0, 0.1) is 5.92 Å². The predicted molar refractivity (Wildman–Crippen MR) is 69.5 cm³/mol. The molecule has 5 atom stereocenters. The highest BCUT2D eigenvalue weighted by Gasteiger charge is 2.53. The third kappa shape index (κ3) is 1.30. The van der Waals surface area contributed by atoms with Gasteiger partial charge in [0.25, 0.3) is 0 Å². The van der Waals surface area contributed by atoms with Crippen LogP contribution in [0.25, 0.3) is 0 Å². The van der Waals surface area contributed by atoms with Crippen molar-refractivity contribution in [3.05, 3.63) is 21.9 Å². The molecule has 0 aliphatic carbocycles.